The van der Waals surface area contributed by atoms with Crippen LogP contribution >= 0.6 is 11.6 Å². The smallest absolute Gasteiger partial charge is 0.265 e. The van der Waals surface area contributed by atoms with E-state index in [9.17, 15) is 9.59 Å². The molecule has 0 unspecified atom stereocenters. The van der Waals surface area contributed by atoms with E-state index >= 15 is 0 Å². The van der Waals surface area contributed by atoms with Crippen molar-refractivity contribution in [1.82, 2.24) is 14.9 Å². The molecule has 2 aromatic heterocycles. The first-order valence-corrected chi connectivity index (χ1v) is 11.0. The number of aromatic nitrogens is 2. The van der Waals surface area contributed by atoms with Gasteiger partial charge in [-0.05, 0) is 61.2 Å². The van der Waals surface area contributed by atoms with E-state index in [-0.39, 0.29) is 23.1 Å². The third-order valence-corrected chi connectivity index (χ3v) is 5.68. The Bertz CT molecular complexity index is 1280. The molecular formula is C26H24ClN3O2. The number of nitrogens with one attached hydrogen (secondary N) is 1. The van der Waals surface area contributed by atoms with Crippen LogP contribution in [0, 0.1) is 0 Å². The molecule has 0 aliphatic rings. The number of carbonyl (C=O) groups excluding carboxylic acids is 1. The van der Waals surface area contributed by atoms with E-state index in [1.807, 2.05) is 43.3 Å². The number of nitrogens with zero attached hydrogens (tertiary/aromatic N) is 2. The van der Waals surface area contributed by atoms with Crippen LogP contribution in [0.4, 0.5) is 0 Å². The Labute approximate surface area is 191 Å². The van der Waals surface area contributed by atoms with E-state index in [0.717, 1.165) is 23.8 Å². The maximum Gasteiger partial charge on any atom is 0.265 e. The van der Waals surface area contributed by atoms with Gasteiger partial charge in [0.05, 0.1) is 6.54 Å². The molecule has 2 aromatic carbocycles. The largest absolute Gasteiger partial charge is 0.349 e. The molecule has 5 nitrogen and oxygen atoms in total. The standard InChI is InChI=1S/C26H24ClN3O2/c1-18(9-10-19-6-3-2-4-7-19)29-25(31)23-16-21-8-5-15-28-24(21)30(26(23)32)17-20-11-13-22(27)14-12-20/h2-8,11-16,18H,9-10,17H2,1H3,(H,29,31)/t18-/m0/s1. The van der Waals surface area contributed by atoms with Crippen LogP contribution in [0.1, 0.15) is 34.8 Å². The third kappa shape index (κ3) is 5.06. The number of rotatable bonds is 7. The van der Waals surface area contributed by atoms with Gasteiger partial charge in [0.25, 0.3) is 11.5 Å². The maximum atomic E-state index is 13.3. The average molecular weight is 446 g/mol. The SMILES string of the molecule is C[C@@H](CCc1ccccc1)NC(=O)c1cc2cccnc2n(Cc2ccc(Cl)cc2)c1=O. The fourth-order valence-corrected chi connectivity index (χ4v) is 3.82. The number of hydrogen-bond acceptors (Lipinski definition) is 3. The van der Waals surface area contributed by atoms with Gasteiger partial charge in [-0.2, -0.15) is 0 Å². The highest BCUT2D eigenvalue weighted by molar-refractivity contribution is 6.30. The monoisotopic (exact) mass is 445 g/mol. The van der Waals surface area contributed by atoms with Crippen LogP contribution in [0.15, 0.2) is 83.8 Å². The van der Waals surface area contributed by atoms with Gasteiger partial charge in [0.1, 0.15) is 11.2 Å². The zero-order valence-corrected chi connectivity index (χ0v) is 18.5. The summed E-state index contributed by atoms with van der Waals surface area (Å²) in [6.45, 7) is 2.25. The van der Waals surface area contributed by atoms with E-state index in [2.05, 4.69) is 22.4 Å². The Hall–Kier alpha value is -3.44. The molecule has 2 heterocycles. The van der Waals surface area contributed by atoms with Crippen LogP contribution in [0.5, 0.6) is 0 Å². The van der Waals surface area contributed by atoms with Crippen molar-refractivity contribution < 1.29 is 4.79 Å². The number of carbonyl (C=O) groups is 1. The second kappa shape index (κ2) is 9.79. The second-order valence-corrected chi connectivity index (χ2v) is 8.33. The summed E-state index contributed by atoms with van der Waals surface area (Å²) in [6.07, 6.45) is 3.28. The van der Waals surface area contributed by atoms with Gasteiger partial charge in [-0.15, -0.1) is 0 Å². The van der Waals surface area contributed by atoms with Crippen LogP contribution in [0.25, 0.3) is 11.0 Å². The highest BCUT2D eigenvalue weighted by Gasteiger charge is 2.18. The van der Waals surface area contributed by atoms with Crippen LogP contribution in [0.2, 0.25) is 5.02 Å². The van der Waals surface area contributed by atoms with Gasteiger partial charge in [-0.25, -0.2) is 4.98 Å². The molecule has 32 heavy (non-hydrogen) atoms. The van der Waals surface area contributed by atoms with Gasteiger partial charge in [0.2, 0.25) is 0 Å². The van der Waals surface area contributed by atoms with Crippen molar-refractivity contribution in [3.05, 3.63) is 111 Å². The van der Waals surface area contributed by atoms with E-state index in [1.165, 1.54) is 5.56 Å². The number of aryl methyl sites for hydroxylation is 1. The van der Waals surface area contributed by atoms with Crippen LogP contribution in [-0.2, 0) is 13.0 Å². The molecule has 1 amide bonds. The van der Waals surface area contributed by atoms with Crippen LogP contribution in [0.3, 0.4) is 0 Å². The van der Waals surface area contributed by atoms with Gasteiger partial charge in [-0.1, -0.05) is 54.1 Å². The molecule has 1 atom stereocenters. The number of pyridine rings is 2. The molecular weight excluding hydrogens is 422 g/mol. The first-order chi connectivity index (χ1) is 15.5. The fraction of sp³-hybridized carbons (Fsp3) is 0.192. The molecule has 0 fully saturated rings. The number of hydrogen-bond donors (Lipinski definition) is 1. The minimum atomic E-state index is -0.369. The summed E-state index contributed by atoms with van der Waals surface area (Å²) in [7, 11) is 0. The highest BCUT2D eigenvalue weighted by Crippen LogP contribution is 2.15. The van der Waals surface area contributed by atoms with Crippen LogP contribution < -0.4 is 10.9 Å². The van der Waals surface area contributed by atoms with Crippen molar-refractivity contribution in [2.24, 2.45) is 0 Å². The predicted octanol–water partition coefficient (Wildman–Crippen LogP) is 4.85. The van der Waals surface area contributed by atoms with Gasteiger partial charge in [0, 0.05) is 22.6 Å². The van der Waals surface area contributed by atoms with Crippen molar-refractivity contribution in [3.8, 4) is 0 Å². The summed E-state index contributed by atoms with van der Waals surface area (Å²) < 4.78 is 1.54. The maximum absolute atomic E-state index is 13.3. The number of fused-ring (bicyclic) bond motifs is 1. The minimum absolute atomic E-state index is 0.0728. The van der Waals surface area contributed by atoms with E-state index in [1.54, 1.807) is 35.0 Å². The highest BCUT2D eigenvalue weighted by atomic mass is 35.5. The summed E-state index contributed by atoms with van der Waals surface area (Å²) in [5.41, 5.74) is 2.42. The van der Waals surface area contributed by atoms with Crippen molar-refractivity contribution in [3.63, 3.8) is 0 Å². The number of halogens is 1. The molecule has 0 spiro atoms. The molecule has 0 radical (unpaired) electrons. The summed E-state index contributed by atoms with van der Waals surface area (Å²) >= 11 is 5.99. The van der Waals surface area contributed by atoms with Gasteiger partial charge < -0.3 is 5.32 Å². The first-order valence-electron chi connectivity index (χ1n) is 10.6. The summed E-state index contributed by atoms with van der Waals surface area (Å²) in [5.74, 6) is -0.369. The second-order valence-electron chi connectivity index (χ2n) is 7.89. The molecule has 0 bridgehead atoms. The zero-order chi connectivity index (χ0) is 22.5. The quantitative estimate of drug-likeness (QED) is 0.442. The lowest BCUT2D eigenvalue weighted by Gasteiger charge is -2.16. The lowest BCUT2D eigenvalue weighted by atomic mass is 10.1. The Morgan fingerprint density at radius 3 is 2.53 bits per heavy atom. The molecule has 162 valence electrons. The van der Waals surface area contributed by atoms with E-state index in [4.69, 9.17) is 11.6 Å². The molecule has 4 rings (SSSR count). The van der Waals surface area contributed by atoms with Gasteiger partial charge in [-0.3, -0.25) is 14.2 Å². The van der Waals surface area contributed by atoms with Crippen LogP contribution in [-0.4, -0.2) is 21.5 Å². The van der Waals surface area contributed by atoms with E-state index < -0.39 is 0 Å². The van der Waals surface area contributed by atoms with Gasteiger partial charge >= 0.3 is 0 Å². The molecule has 6 heteroatoms. The molecule has 4 aromatic rings. The fourth-order valence-electron chi connectivity index (χ4n) is 3.69. The summed E-state index contributed by atoms with van der Waals surface area (Å²) in [6, 6.07) is 22.6. The Balaban J connectivity index is 1.59. The zero-order valence-electron chi connectivity index (χ0n) is 17.8. The molecule has 1 N–H and O–H groups in total. The van der Waals surface area contributed by atoms with Crippen molar-refractivity contribution in [2.45, 2.75) is 32.4 Å². The Kier molecular flexibility index (Phi) is 6.66. The summed E-state index contributed by atoms with van der Waals surface area (Å²) in [5, 5.41) is 4.35. The summed E-state index contributed by atoms with van der Waals surface area (Å²) in [4.78, 5) is 30.7. The minimum Gasteiger partial charge on any atom is -0.349 e. The lowest BCUT2D eigenvalue weighted by molar-refractivity contribution is 0.0936. The molecule has 0 saturated heterocycles. The number of amides is 1. The van der Waals surface area contributed by atoms with Crippen molar-refractivity contribution in [1.29, 1.82) is 0 Å². The third-order valence-electron chi connectivity index (χ3n) is 5.43. The van der Waals surface area contributed by atoms with Crippen molar-refractivity contribution >= 4 is 28.5 Å². The number of benzene rings is 2. The van der Waals surface area contributed by atoms with Crippen molar-refractivity contribution in [2.75, 3.05) is 0 Å². The normalized spacial score (nSPS) is 11.9. The molecule has 0 aliphatic heterocycles. The molecule has 0 aliphatic carbocycles. The van der Waals surface area contributed by atoms with Gasteiger partial charge in [0.15, 0.2) is 0 Å². The predicted molar refractivity (Wildman–Crippen MR) is 128 cm³/mol. The molecule has 0 saturated carbocycles. The topological polar surface area (TPSA) is 64.0 Å². The lowest BCUT2D eigenvalue weighted by Crippen LogP contribution is -2.38. The van der Waals surface area contributed by atoms with E-state index in [0.29, 0.717) is 17.2 Å². The Morgan fingerprint density at radius 1 is 1.03 bits per heavy atom. The first kappa shape index (κ1) is 21.8. The average Bonchev–Trinajstić information content (AvgIpc) is 2.81. The Morgan fingerprint density at radius 2 is 1.78 bits per heavy atom.